The van der Waals surface area contributed by atoms with Crippen LogP contribution in [-0.2, 0) is 14.2 Å². The van der Waals surface area contributed by atoms with Crippen LogP contribution in [0.3, 0.4) is 0 Å². The predicted molar refractivity (Wildman–Crippen MR) is 70.5 cm³/mol. The Bertz CT molecular complexity index is 269. The van der Waals surface area contributed by atoms with Gasteiger partial charge in [0, 0.05) is 25.7 Å². The zero-order chi connectivity index (χ0) is 13.2. The fourth-order valence-electron chi connectivity index (χ4n) is 2.78. The van der Waals surface area contributed by atoms with E-state index in [1.165, 1.54) is 0 Å². The molecule has 0 aromatic carbocycles. The third-order valence-electron chi connectivity index (χ3n) is 3.91. The van der Waals surface area contributed by atoms with Crippen molar-refractivity contribution >= 4 is 0 Å². The Kier molecular flexibility index (Phi) is 4.32. The van der Waals surface area contributed by atoms with E-state index < -0.39 is 0 Å². The predicted octanol–water partition coefficient (Wildman–Crippen LogP) is 1.71. The van der Waals surface area contributed by atoms with Gasteiger partial charge in [0.1, 0.15) is 0 Å². The van der Waals surface area contributed by atoms with Crippen LogP contribution in [0.15, 0.2) is 0 Å². The van der Waals surface area contributed by atoms with Crippen LogP contribution < -0.4 is 5.73 Å². The van der Waals surface area contributed by atoms with E-state index in [0.29, 0.717) is 12.5 Å². The molecule has 2 heterocycles. The number of hydrogen-bond donors (Lipinski definition) is 1. The van der Waals surface area contributed by atoms with Gasteiger partial charge in [0.2, 0.25) is 0 Å². The van der Waals surface area contributed by atoms with Crippen molar-refractivity contribution in [1.82, 2.24) is 0 Å². The maximum atomic E-state index is 6.29. The van der Waals surface area contributed by atoms with E-state index in [2.05, 4.69) is 20.8 Å². The van der Waals surface area contributed by atoms with Crippen LogP contribution in [0.2, 0.25) is 0 Å². The normalized spacial score (nSPS) is 35.0. The molecule has 2 N–H and O–H groups in total. The zero-order valence-corrected chi connectivity index (χ0v) is 11.9. The van der Waals surface area contributed by atoms with Gasteiger partial charge in [-0.25, -0.2) is 0 Å². The summed E-state index contributed by atoms with van der Waals surface area (Å²) < 4.78 is 17.2. The molecular weight excluding hydrogens is 230 g/mol. The first-order valence-corrected chi connectivity index (χ1v) is 7.02. The molecule has 0 radical (unpaired) electrons. The summed E-state index contributed by atoms with van der Waals surface area (Å²) >= 11 is 0. The quantitative estimate of drug-likeness (QED) is 0.836. The molecule has 0 bridgehead atoms. The number of rotatable bonds is 3. The highest BCUT2D eigenvalue weighted by atomic mass is 16.6. The summed E-state index contributed by atoms with van der Waals surface area (Å²) in [5.74, 6) is 0.489. The fourth-order valence-corrected chi connectivity index (χ4v) is 2.78. The second-order valence-electron chi connectivity index (χ2n) is 6.67. The average molecular weight is 257 g/mol. The Morgan fingerprint density at radius 1 is 1.39 bits per heavy atom. The molecule has 2 fully saturated rings. The molecule has 0 aromatic rings. The summed E-state index contributed by atoms with van der Waals surface area (Å²) in [6, 6.07) is 0.102. The summed E-state index contributed by atoms with van der Waals surface area (Å²) in [5, 5.41) is 0. The minimum absolute atomic E-state index is 0.0533. The van der Waals surface area contributed by atoms with Crippen molar-refractivity contribution in [2.45, 2.75) is 57.3 Å². The zero-order valence-electron chi connectivity index (χ0n) is 11.9. The van der Waals surface area contributed by atoms with Crippen LogP contribution in [0.5, 0.6) is 0 Å². The fraction of sp³-hybridized carbons (Fsp3) is 1.00. The summed E-state index contributed by atoms with van der Waals surface area (Å²) in [6.07, 6.45) is 3.06. The molecule has 2 rings (SSSR count). The SMILES string of the molecule is CC(C)(C)OCC(N)C1CCOC2(CCOC2)C1. The molecule has 4 nitrogen and oxygen atoms in total. The van der Waals surface area contributed by atoms with E-state index in [-0.39, 0.29) is 17.2 Å². The monoisotopic (exact) mass is 257 g/mol. The Morgan fingerprint density at radius 2 is 2.17 bits per heavy atom. The third kappa shape index (κ3) is 3.67. The van der Waals surface area contributed by atoms with Crippen LogP contribution in [0.25, 0.3) is 0 Å². The smallest absolute Gasteiger partial charge is 0.0939 e. The van der Waals surface area contributed by atoms with Crippen molar-refractivity contribution in [2.75, 3.05) is 26.4 Å². The van der Waals surface area contributed by atoms with Crippen molar-refractivity contribution in [3.63, 3.8) is 0 Å². The topological polar surface area (TPSA) is 53.7 Å². The van der Waals surface area contributed by atoms with Crippen LogP contribution in [-0.4, -0.2) is 43.7 Å². The Labute approximate surface area is 110 Å². The first kappa shape index (κ1) is 14.3. The highest BCUT2D eigenvalue weighted by Gasteiger charge is 2.42. The Morgan fingerprint density at radius 3 is 2.78 bits per heavy atom. The first-order valence-electron chi connectivity index (χ1n) is 7.02. The van der Waals surface area contributed by atoms with E-state index in [0.717, 1.165) is 39.1 Å². The maximum Gasteiger partial charge on any atom is 0.0939 e. The van der Waals surface area contributed by atoms with Crippen LogP contribution in [0.4, 0.5) is 0 Å². The lowest BCUT2D eigenvalue weighted by Crippen LogP contribution is -2.47. The van der Waals surface area contributed by atoms with Crippen molar-refractivity contribution in [1.29, 1.82) is 0 Å². The Balaban J connectivity index is 1.84. The van der Waals surface area contributed by atoms with Gasteiger partial charge in [-0.2, -0.15) is 0 Å². The van der Waals surface area contributed by atoms with E-state index in [9.17, 15) is 0 Å². The first-order chi connectivity index (χ1) is 8.40. The second-order valence-corrected chi connectivity index (χ2v) is 6.67. The van der Waals surface area contributed by atoms with Crippen molar-refractivity contribution in [3.05, 3.63) is 0 Å². The molecule has 2 saturated heterocycles. The summed E-state index contributed by atoms with van der Waals surface area (Å²) in [6.45, 7) is 9.18. The Hall–Kier alpha value is -0.160. The van der Waals surface area contributed by atoms with E-state index >= 15 is 0 Å². The molecule has 2 aliphatic rings. The van der Waals surface area contributed by atoms with Crippen LogP contribution in [0.1, 0.15) is 40.0 Å². The molecule has 0 saturated carbocycles. The summed E-state index contributed by atoms with van der Waals surface area (Å²) in [4.78, 5) is 0. The minimum atomic E-state index is -0.114. The largest absolute Gasteiger partial charge is 0.378 e. The van der Waals surface area contributed by atoms with Gasteiger partial charge >= 0.3 is 0 Å². The molecule has 2 aliphatic heterocycles. The van der Waals surface area contributed by atoms with Crippen LogP contribution >= 0.6 is 0 Å². The van der Waals surface area contributed by atoms with E-state index in [1.807, 2.05) is 0 Å². The van der Waals surface area contributed by atoms with E-state index in [4.69, 9.17) is 19.9 Å². The number of hydrogen-bond acceptors (Lipinski definition) is 4. The lowest BCUT2D eigenvalue weighted by molar-refractivity contribution is -0.108. The molecule has 1 spiro atoms. The highest BCUT2D eigenvalue weighted by molar-refractivity contribution is 4.93. The standard InChI is InChI=1S/C14H27NO3/c1-13(2,3)18-9-12(15)11-4-6-17-14(8-11)5-7-16-10-14/h11-12H,4-10,15H2,1-3H3. The molecule has 0 aliphatic carbocycles. The van der Waals surface area contributed by atoms with Gasteiger partial charge in [0.05, 0.1) is 24.4 Å². The lowest BCUT2D eigenvalue weighted by Gasteiger charge is -2.39. The second kappa shape index (κ2) is 5.45. The number of ether oxygens (including phenoxy) is 3. The number of nitrogens with two attached hydrogens (primary N) is 1. The molecule has 0 amide bonds. The average Bonchev–Trinajstić information content (AvgIpc) is 2.73. The van der Waals surface area contributed by atoms with Gasteiger partial charge in [-0.1, -0.05) is 0 Å². The van der Waals surface area contributed by atoms with Gasteiger partial charge in [-0.15, -0.1) is 0 Å². The van der Waals surface area contributed by atoms with E-state index in [1.54, 1.807) is 0 Å². The molecule has 18 heavy (non-hydrogen) atoms. The maximum absolute atomic E-state index is 6.29. The van der Waals surface area contributed by atoms with Crippen molar-refractivity contribution in [3.8, 4) is 0 Å². The van der Waals surface area contributed by atoms with Crippen molar-refractivity contribution in [2.24, 2.45) is 11.7 Å². The van der Waals surface area contributed by atoms with Gasteiger partial charge in [0.15, 0.2) is 0 Å². The summed E-state index contributed by atoms with van der Waals surface area (Å²) in [7, 11) is 0. The van der Waals surface area contributed by atoms with Gasteiger partial charge in [-0.3, -0.25) is 0 Å². The molecule has 3 atom stereocenters. The van der Waals surface area contributed by atoms with Crippen molar-refractivity contribution < 1.29 is 14.2 Å². The molecule has 0 aromatic heterocycles. The third-order valence-corrected chi connectivity index (χ3v) is 3.91. The molecule has 106 valence electrons. The minimum Gasteiger partial charge on any atom is -0.378 e. The van der Waals surface area contributed by atoms with Crippen LogP contribution in [0, 0.1) is 5.92 Å². The lowest BCUT2D eigenvalue weighted by atomic mass is 9.81. The summed E-state index contributed by atoms with van der Waals surface area (Å²) in [5.41, 5.74) is 6.12. The molecule has 4 heteroatoms. The molecule has 3 unspecified atom stereocenters. The van der Waals surface area contributed by atoms with Gasteiger partial charge < -0.3 is 19.9 Å². The van der Waals surface area contributed by atoms with Gasteiger partial charge in [0.25, 0.3) is 0 Å². The van der Waals surface area contributed by atoms with Gasteiger partial charge in [-0.05, 0) is 39.5 Å². The highest BCUT2D eigenvalue weighted by Crippen LogP contribution is 2.36. The molecular formula is C14H27NO3.